The summed E-state index contributed by atoms with van der Waals surface area (Å²) in [6.07, 6.45) is 2.53. The van der Waals surface area contributed by atoms with Crippen LogP contribution in [0.1, 0.15) is 30.9 Å². The van der Waals surface area contributed by atoms with Gasteiger partial charge in [0.05, 0.1) is 12.1 Å². The van der Waals surface area contributed by atoms with E-state index >= 15 is 0 Å². The van der Waals surface area contributed by atoms with E-state index in [-0.39, 0.29) is 12.4 Å². The van der Waals surface area contributed by atoms with E-state index in [4.69, 9.17) is 21.1 Å². The van der Waals surface area contributed by atoms with Gasteiger partial charge in [0.25, 0.3) is 0 Å². The first-order chi connectivity index (χ1) is 14.0. The molecule has 0 radical (unpaired) electrons. The predicted molar refractivity (Wildman–Crippen MR) is 118 cm³/mol. The number of likely N-dealkylation sites (tertiary alicyclic amines) is 1. The molecule has 1 aliphatic rings. The molecule has 0 aromatic heterocycles. The fraction of sp³-hybridized carbons (Fsp3) is 0.455. The van der Waals surface area contributed by atoms with Crippen molar-refractivity contribution in [2.24, 2.45) is 0 Å². The third-order valence-corrected chi connectivity index (χ3v) is 6.42. The molecule has 1 unspecified atom stereocenters. The summed E-state index contributed by atoms with van der Waals surface area (Å²) >= 11 is 9.72. The number of likely N-dealkylation sites (N-methyl/N-ethyl adjacent to an activating group) is 1. The number of rotatable bonds is 9. The summed E-state index contributed by atoms with van der Waals surface area (Å²) in [5.41, 5.74) is 1.82. The molecule has 1 atom stereocenters. The molecule has 0 amide bonds. The maximum atomic E-state index is 13.2. The number of ether oxygens (including phenoxy) is 2. The Kier molecular flexibility index (Phi) is 8.18. The SMILES string of the molecule is CCN1CCCC1CNCc1cc(OC)c(OCc2ccc(F)cc2Cl)cc1Br. The highest BCUT2D eigenvalue weighted by atomic mass is 79.9. The molecule has 0 spiro atoms. The second kappa shape index (κ2) is 10.6. The van der Waals surface area contributed by atoms with Crippen molar-refractivity contribution < 1.29 is 13.9 Å². The van der Waals surface area contributed by atoms with Gasteiger partial charge >= 0.3 is 0 Å². The number of nitrogens with one attached hydrogen (secondary N) is 1. The van der Waals surface area contributed by atoms with Crippen LogP contribution in [-0.2, 0) is 13.2 Å². The van der Waals surface area contributed by atoms with Crippen LogP contribution in [0.25, 0.3) is 0 Å². The Labute approximate surface area is 185 Å². The summed E-state index contributed by atoms with van der Waals surface area (Å²) in [7, 11) is 1.62. The molecule has 1 fully saturated rings. The van der Waals surface area contributed by atoms with Gasteiger partial charge in [0.1, 0.15) is 12.4 Å². The summed E-state index contributed by atoms with van der Waals surface area (Å²) in [5.74, 6) is 0.895. The third kappa shape index (κ3) is 5.85. The van der Waals surface area contributed by atoms with Crippen LogP contribution in [0.2, 0.25) is 5.02 Å². The number of halogens is 3. The van der Waals surface area contributed by atoms with Crippen molar-refractivity contribution in [1.82, 2.24) is 10.2 Å². The first kappa shape index (κ1) is 22.3. The Morgan fingerprint density at radius 2 is 2.07 bits per heavy atom. The van der Waals surface area contributed by atoms with Gasteiger partial charge in [-0.05, 0) is 55.8 Å². The van der Waals surface area contributed by atoms with Crippen LogP contribution >= 0.6 is 27.5 Å². The first-order valence-electron chi connectivity index (χ1n) is 9.89. The van der Waals surface area contributed by atoms with Gasteiger partial charge in [-0.2, -0.15) is 0 Å². The minimum Gasteiger partial charge on any atom is -0.493 e. The molecular weight excluding hydrogens is 459 g/mol. The zero-order valence-corrected chi connectivity index (χ0v) is 19.2. The average molecular weight is 486 g/mol. The minimum absolute atomic E-state index is 0.230. The summed E-state index contributed by atoms with van der Waals surface area (Å²) < 4.78 is 25.6. The van der Waals surface area contributed by atoms with Gasteiger partial charge < -0.3 is 14.8 Å². The van der Waals surface area contributed by atoms with Gasteiger partial charge in [-0.25, -0.2) is 4.39 Å². The highest BCUT2D eigenvalue weighted by Crippen LogP contribution is 2.34. The molecular formula is C22H27BrClFN2O2. The molecule has 0 bridgehead atoms. The van der Waals surface area contributed by atoms with E-state index in [0.29, 0.717) is 28.1 Å². The van der Waals surface area contributed by atoms with E-state index in [1.807, 2.05) is 12.1 Å². The summed E-state index contributed by atoms with van der Waals surface area (Å²) in [5, 5.41) is 3.91. The van der Waals surface area contributed by atoms with Crippen molar-refractivity contribution in [1.29, 1.82) is 0 Å². The second-order valence-corrected chi connectivity index (χ2v) is 8.44. The lowest BCUT2D eigenvalue weighted by molar-refractivity contribution is 0.259. The number of nitrogens with zero attached hydrogens (tertiary/aromatic N) is 1. The zero-order valence-electron chi connectivity index (χ0n) is 16.8. The monoisotopic (exact) mass is 484 g/mol. The lowest BCUT2D eigenvalue weighted by Crippen LogP contribution is -2.37. The molecule has 1 aliphatic heterocycles. The van der Waals surface area contributed by atoms with E-state index in [9.17, 15) is 4.39 Å². The Morgan fingerprint density at radius 1 is 1.24 bits per heavy atom. The highest BCUT2D eigenvalue weighted by molar-refractivity contribution is 9.10. The van der Waals surface area contributed by atoms with Crippen LogP contribution in [0.15, 0.2) is 34.8 Å². The van der Waals surface area contributed by atoms with Gasteiger partial charge in [0.15, 0.2) is 11.5 Å². The topological polar surface area (TPSA) is 33.7 Å². The Bertz CT molecular complexity index is 837. The molecule has 3 rings (SSSR count). The molecule has 0 saturated carbocycles. The highest BCUT2D eigenvalue weighted by Gasteiger charge is 2.22. The third-order valence-electron chi connectivity index (χ3n) is 5.33. The van der Waals surface area contributed by atoms with E-state index in [1.165, 1.54) is 31.5 Å². The van der Waals surface area contributed by atoms with Gasteiger partial charge in [0.2, 0.25) is 0 Å². The van der Waals surface area contributed by atoms with Gasteiger partial charge in [-0.3, -0.25) is 4.90 Å². The van der Waals surface area contributed by atoms with Gasteiger partial charge in [-0.1, -0.05) is 40.5 Å². The second-order valence-electron chi connectivity index (χ2n) is 7.17. The van der Waals surface area contributed by atoms with Crippen LogP contribution in [0.3, 0.4) is 0 Å². The van der Waals surface area contributed by atoms with Gasteiger partial charge in [0, 0.05) is 29.2 Å². The summed E-state index contributed by atoms with van der Waals surface area (Å²) in [4.78, 5) is 2.53. The Morgan fingerprint density at radius 3 is 2.79 bits per heavy atom. The zero-order chi connectivity index (χ0) is 20.8. The molecule has 2 aromatic rings. The van der Waals surface area contributed by atoms with Crippen LogP contribution in [0.4, 0.5) is 4.39 Å². The maximum Gasteiger partial charge on any atom is 0.162 e. The lowest BCUT2D eigenvalue weighted by atomic mass is 10.1. The molecule has 4 nitrogen and oxygen atoms in total. The minimum atomic E-state index is -0.365. The summed E-state index contributed by atoms with van der Waals surface area (Å²) in [6.45, 7) is 6.48. The van der Waals surface area contributed by atoms with E-state index in [1.54, 1.807) is 13.2 Å². The average Bonchev–Trinajstić information content (AvgIpc) is 3.16. The van der Waals surface area contributed by atoms with Crippen molar-refractivity contribution in [2.45, 2.75) is 39.0 Å². The van der Waals surface area contributed by atoms with E-state index in [0.717, 1.165) is 29.7 Å². The van der Waals surface area contributed by atoms with Crippen molar-refractivity contribution >= 4 is 27.5 Å². The molecule has 2 aromatic carbocycles. The number of methoxy groups -OCH3 is 1. The molecule has 1 heterocycles. The van der Waals surface area contributed by atoms with Crippen molar-refractivity contribution in [3.63, 3.8) is 0 Å². The smallest absolute Gasteiger partial charge is 0.162 e. The van der Waals surface area contributed by atoms with E-state index in [2.05, 4.69) is 33.1 Å². The summed E-state index contributed by atoms with van der Waals surface area (Å²) in [6, 6.07) is 8.78. The molecule has 7 heteroatoms. The quantitative estimate of drug-likeness (QED) is 0.515. The van der Waals surface area contributed by atoms with Crippen molar-refractivity contribution in [2.75, 3.05) is 26.7 Å². The predicted octanol–water partition coefficient (Wildman–Crippen LogP) is 5.40. The molecule has 29 heavy (non-hydrogen) atoms. The number of hydrogen-bond acceptors (Lipinski definition) is 4. The van der Waals surface area contributed by atoms with Crippen LogP contribution in [0.5, 0.6) is 11.5 Å². The van der Waals surface area contributed by atoms with Crippen LogP contribution in [-0.4, -0.2) is 37.7 Å². The fourth-order valence-corrected chi connectivity index (χ4v) is 4.38. The fourth-order valence-electron chi connectivity index (χ4n) is 3.70. The van der Waals surface area contributed by atoms with E-state index < -0.39 is 0 Å². The maximum absolute atomic E-state index is 13.2. The lowest BCUT2D eigenvalue weighted by Gasteiger charge is -2.23. The number of hydrogen-bond donors (Lipinski definition) is 1. The van der Waals surface area contributed by atoms with Crippen LogP contribution < -0.4 is 14.8 Å². The van der Waals surface area contributed by atoms with Crippen molar-refractivity contribution in [3.05, 3.63) is 56.8 Å². The normalized spacial score (nSPS) is 16.9. The van der Waals surface area contributed by atoms with Gasteiger partial charge in [-0.15, -0.1) is 0 Å². The first-order valence-corrected chi connectivity index (χ1v) is 11.1. The van der Waals surface area contributed by atoms with Crippen LogP contribution in [0, 0.1) is 5.82 Å². The molecule has 1 N–H and O–H groups in total. The molecule has 0 aliphatic carbocycles. The number of benzene rings is 2. The molecule has 1 saturated heterocycles. The largest absolute Gasteiger partial charge is 0.493 e. The Hall–Kier alpha value is -1.34. The standard InChI is InChI=1S/C22H27BrClFN2O2/c1-3-27-8-4-5-18(27)13-26-12-16-9-21(28-2)22(11-19(16)23)29-14-15-6-7-17(25)10-20(15)24/h6-7,9-11,18,26H,3-5,8,12-14H2,1-2H3. The Balaban J connectivity index is 1.62. The van der Waals surface area contributed by atoms with Crippen molar-refractivity contribution in [3.8, 4) is 11.5 Å². The molecule has 158 valence electrons.